The van der Waals surface area contributed by atoms with Crippen LogP contribution in [0.4, 0.5) is 5.69 Å². The quantitative estimate of drug-likeness (QED) is 0.676. The molecule has 0 saturated carbocycles. The molecule has 1 N–H and O–H groups in total. The Morgan fingerprint density at radius 3 is 2.64 bits per heavy atom. The molecule has 28 heavy (non-hydrogen) atoms. The average Bonchev–Trinajstić information content (AvgIpc) is 2.66. The molecule has 0 spiro atoms. The summed E-state index contributed by atoms with van der Waals surface area (Å²) in [5.41, 5.74) is 1.77. The summed E-state index contributed by atoms with van der Waals surface area (Å²) in [5.74, 6) is 0.0356. The Morgan fingerprint density at radius 1 is 1.14 bits per heavy atom. The van der Waals surface area contributed by atoms with Gasteiger partial charge in [-0.2, -0.15) is 5.10 Å². The van der Waals surface area contributed by atoms with Crippen LogP contribution in [0.1, 0.15) is 6.92 Å². The van der Waals surface area contributed by atoms with Crippen molar-refractivity contribution in [1.29, 1.82) is 0 Å². The predicted molar refractivity (Wildman–Crippen MR) is 110 cm³/mol. The number of nitrogens with one attached hydrogen (secondary N) is 1. The zero-order chi connectivity index (χ0) is 20.3. The highest BCUT2D eigenvalue weighted by Crippen LogP contribution is 2.28. The van der Waals surface area contributed by atoms with Gasteiger partial charge < -0.3 is 10.1 Å². The summed E-state index contributed by atoms with van der Waals surface area (Å²) < 4.78 is 6.88. The molecule has 1 heterocycles. The van der Waals surface area contributed by atoms with Gasteiger partial charge in [0, 0.05) is 29.4 Å². The maximum atomic E-state index is 12.5. The van der Waals surface area contributed by atoms with Crippen LogP contribution in [-0.2, 0) is 11.8 Å². The lowest BCUT2D eigenvalue weighted by molar-refractivity contribution is -0.122. The third kappa shape index (κ3) is 4.71. The van der Waals surface area contributed by atoms with Crippen molar-refractivity contribution in [2.24, 2.45) is 7.05 Å². The number of hydrogen-bond acceptors (Lipinski definition) is 4. The Balaban J connectivity index is 1.73. The number of rotatable bonds is 5. The molecule has 0 aliphatic rings. The van der Waals surface area contributed by atoms with Crippen molar-refractivity contribution in [3.05, 3.63) is 75.0 Å². The summed E-state index contributed by atoms with van der Waals surface area (Å²) in [4.78, 5) is 24.0. The Labute approximate surface area is 171 Å². The van der Waals surface area contributed by atoms with Crippen LogP contribution in [-0.4, -0.2) is 21.8 Å². The van der Waals surface area contributed by atoms with Crippen molar-refractivity contribution >= 4 is 34.8 Å². The van der Waals surface area contributed by atoms with Gasteiger partial charge in [-0.15, -0.1) is 0 Å². The molecule has 0 saturated heterocycles. The van der Waals surface area contributed by atoms with E-state index in [1.54, 1.807) is 56.4 Å². The molecule has 0 bridgehead atoms. The number of carbonyl (C=O) groups is 1. The largest absolute Gasteiger partial charge is 0.479 e. The Kier molecular flexibility index (Phi) is 6.02. The molecule has 1 amide bonds. The molecule has 1 aromatic heterocycles. The SMILES string of the molecule is C[C@@H](Oc1ccc(Cl)cc1Cl)C(=O)Nc1cccc(-c2ccc(=O)n(C)n2)c1. The van der Waals surface area contributed by atoms with Gasteiger partial charge in [-0.1, -0.05) is 35.3 Å². The zero-order valence-electron chi connectivity index (χ0n) is 15.1. The third-order valence-electron chi connectivity index (χ3n) is 3.95. The lowest BCUT2D eigenvalue weighted by Crippen LogP contribution is -2.30. The Hall–Kier alpha value is -2.83. The highest BCUT2D eigenvalue weighted by molar-refractivity contribution is 6.35. The van der Waals surface area contributed by atoms with Gasteiger partial charge >= 0.3 is 0 Å². The molecule has 2 aromatic carbocycles. The van der Waals surface area contributed by atoms with Crippen LogP contribution in [0.5, 0.6) is 5.75 Å². The monoisotopic (exact) mass is 417 g/mol. The summed E-state index contributed by atoms with van der Waals surface area (Å²) in [7, 11) is 1.58. The molecule has 0 radical (unpaired) electrons. The van der Waals surface area contributed by atoms with Gasteiger partial charge in [0.2, 0.25) is 0 Å². The Bertz CT molecular complexity index is 1080. The number of amides is 1. The summed E-state index contributed by atoms with van der Waals surface area (Å²) in [6, 6.07) is 15.0. The minimum atomic E-state index is -0.780. The van der Waals surface area contributed by atoms with Gasteiger partial charge in [0.1, 0.15) is 5.75 Å². The lowest BCUT2D eigenvalue weighted by atomic mass is 10.1. The number of halogens is 2. The van der Waals surface area contributed by atoms with Crippen molar-refractivity contribution in [2.45, 2.75) is 13.0 Å². The van der Waals surface area contributed by atoms with E-state index in [0.717, 1.165) is 5.56 Å². The zero-order valence-corrected chi connectivity index (χ0v) is 16.7. The number of aryl methyl sites for hydroxylation is 1. The molecule has 0 unspecified atom stereocenters. The number of benzene rings is 2. The molecule has 3 aromatic rings. The number of aromatic nitrogens is 2. The molecule has 0 aliphatic heterocycles. The van der Waals surface area contributed by atoms with E-state index >= 15 is 0 Å². The maximum absolute atomic E-state index is 12.5. The van der Waals surface area contributed by atoms with E-state index in [1.165, 1.54) is 10.7 Å². The number of nitrogens with zero attached hydrogens (tertiary/aromatic N) is 2. The molecule has 144 valence electrons. The van der Waals surface area contributed by atoms with Crippen LogP contribution in [0.3, 0.4) is 0 Å². The van der Waals surface area contributed by atoms with E-state index in [-0.39, 0.29) is 11.5 Å². The second-order valence-electron chi connectivity index (χ2n) is 6.09. The normalized spacial score (nSPS) is 11.7. The van der Waals surface area contributed by atoms with Crippen LogP contribution in [0.15, 0.2) is 59.4 Å². The Morgan fingerprint density at radius 2 is 1.93 bits per heavy atom. The van der Waals surface area contributed by atoms with E-state index in [0.29, 0.717) is 27.2 Å². The van der Waals surface area contributed by atoms with Gasteiger partial charge in [0.25, 0.3) is 11.5 Å². The van der Waals surface area contributed by atoms with Crippen molar-refractivity contribution in [3.63, 3.8) is 0 Å². The number of ether oxygens (including phenoxy) is 1. The van der Waals surface area contributed by atoms with E-state index < -0.39 is 6.10 Å². The van der Waals surface area contributed by atoms with Crippen LogP contribution in [0.25, 0.3) is 11.3 Å². The number of hydrogen-bond donors (Lipinski definition) is 1. The van der Waals surface area contributed by atoms with Crippen molar-refractivity contribution in [1.82, 2.24) is 9.78 Å². The van der Waals surface area contributed by atoms with Crippen molar-refractivity contribution < 1.29 is 9.53 Å². The molecule has 1 atom stereocenters. The van der Waals surface area contributed by atoms with Crippen LogP contribution in [0.2, 0.25) is 10.0 Å². The summed E-state index contributed by atoms with van der Waals surface area (Å²) in [5, 5.41) is 7.82. The topological polar surface area (TPSA) is 73.2 Å². The standard InChI is InChI=1S/C20H17Cl2N3O3/c1-12(28-18-8-6-14(21)11-16(18)22)20(27)23-15-5-3-4-13(10-15)17-7-9-19(26)25(2)24-17/h3-12H,1-2H3,(H,23,27)/t12-/m1/s1. The van der Waals surface area contributed by atoms with E-state index in [2.05, 4.69) is 10.4 Å². The number of carbonyl (C=O) groups excluding carboxylic acids is 1. The molecule has 8 heteroatoms. The molecular weight excluding hydrogens is 401 g/mol. The minimum absolute atomic E-state index is 0.194. The average molecular weight is 418 g/mol. The highest BCUT2D eigenvalue weighted by atomic mass is 35.5. The fourth-order valence-corrected chi connectivity index (χ4v) is 2.92. The van der Waals surface area contributed by atoms with Gasteiger partial charge in [0.05, 0.1) is 10.7 Å². The fraction of sp³-hybridized carbons (Fsp3) is 0.150. The van der Waals surface area contributed by atoms with E-state index in [1.807, 2.05) is 6.07 Å². The predicted octanol–water partition coefficient (Wildman–Crippen LogP) is 4.16. The fourth-order valence-electron chi connectivity index (χ4n) is 2.47. The molecule has 6 nitrogen and oxygen atoms in total. The molecule has 0 fully saturated rings. The van der Waals surface area contributed by atoms with Gasteiger partial charge in [0.15, 0.2) is 6.10 Å². The second-order valence-corrected chi connectivity index (χ2v) is 6.93. The summed E-state index contributed by atoms with van der Waals surface area (Å²) in [6.07, 6.45) is -0.780. The third-order valence-corrected chi connectivity index (χ3v) is 4.48. The first kappa shape index (κ1) is 19.9. The second kappa shape index (κ2) is 8.46. The molecule has 3 rings (SSSR count). The highest BCUT2D eigenvalue weighted by Gasteiger charge is 2.17. The van der Waals surface area contributed by atoms with E-state index in [4.69, 9.17) is 27.9 Å². The molecule has 0 aliphatic carbocycles. The van der Waals surface area contributed by atoms with Crippen LogP contribution < -0.4 is 15.6 Å². The van der Waals surface area contributed by atoms with E-state index in [9.17, 15) is 9.59 Å². The first-order chi connectivity index (χ1) is 13.3. The molecular formula is C20H17Cl2N3O3. The van der Waals surface area contributed by atoms with Crippen molar-refractivity contribution in [3.8, 4) is 17.0 Å². The van der Waals surface area contributed by atoms with Gasteiger partial charge in [-0.3, -0.25) is 9.59 Å². The van der Waals surface area contributed by atoms with Crippen molar-refractivity contribution in [2.75, 3.05) is 5.32 Å². The first-order valence-corrected chi connectivity index (χ1v) is 9.16. The van der Waals surface area contributed by atoms with Crippen LogP contribution >= 0.6 is 23.2 Å². The minimum Gasteiger partial charge on any atom is -0.479 e. The van der Waals surface area contributed by atoms with Gasteiger partial charge in [-0.05, 0) is 43.3 Å². The van der Waals surface area contributed by atoms with Crippen LogP contribution in [0, 0.1) is 0 Å². The first-order valence-electron chi connectivity index (χ1n) is 8.41. The smallest absolute Gasteiger partial charge is 0.266 e. The maximum Gasteiger partial charge on any atom is 0.266 e. The van der Waals surface area contributed by atoms with Gasteiger partial charge in [-0.25, -0.2) is 4.68 Å². The summed E-state index contributed by atoms with van der Waals surface area (Å²) in [6.45, 7) is 1.62. The number of anilines is 1. The lowest BCUT2D eigenvalue weighted by Gasteiger charge is -2.16. The summed E-state index contributed by atoms with van der Waals surface area (Å²) >= 11 is 11.9.